The van der Waals surface area contributed by atoms with Gasteiger partial charge in [0.15, 0.2) is 11.5 Å². The van der Waals surface area contributed by atoms with Gasteiger partial charge in [-0.1, -0.05) is 0 Å². The van der Waals surface area contributed by atoms with Crippen molar-refractivity contribution in [1.82, 2.24) is 29.0 Å². The van der Waals surface area contributed by atoms with Gasteiger partial charge in [0.1, 0.15) is 11.5 Å². The predicted molar refractivity (Wildman–Crippen MR) is 90.2 cm³/mol. The van der Waals surface area contributed by atoms with Crippen LogP contribution in [0, 0.1) is 26.6 Å². The molecule has 1 fully saturated rings. The first-order chi connectivity index (χ1) is 12.0. The Kier molecular flexibility index (Phi) is 2.81. The van der Waals surface area contributed by atoms with Crippen molar-refractivity contribution in [3.8, 4) is 0 Å². The summed E-state index contributed by atoms with van der Waals surface area (Å²) < 4.78 is 17.3. The van der Waals surface area contributed by atoms with Gasteiger partial charge < -0.3 is 4.40 Å². The second-order valence-electron chi connectivity index (χ2n) is 6.87. The molecule has 1 aliphatic rings. The minimum Gasteiger partial charge on any atom is -0.304 e. The highest BCUT2D eigenvalue weighted by Crippen LogP contribution is 2.53. The fourth-order valence-corrected chi connectivity index (χ4v) is 3.38. The van der Waals surface area contributed by atoms with Crippen LogP contribution in [0.4, 0.5) is 4.39 Å². The summed E-state index contributed by atoms with van der Waals surface area (Å²) in [7, 11) is 0. The van der Waals surface area contributed by atoms with E-state index in [0.29, 0.717) is 5.56 Å². The molecule has 5 rings (SSSR count). The van der Waals surface area contributed by atoms with Gasteiger partial charge in [0.05, 0.1) is 17.1 Å². The molecule has 4 aromatic heterocycles. The van der Waals surface area contributed by atoms with Gasteiger partial charge in [0, 0.05) is 30.4 Å². The molecule has 0 spiro atoms. The maximum atomic E-state index is 13.7. The molecule has 126 valence electrons. The molecule has 0 aliphatic heterocycles. The average Bonchev–Trinajstić information content (AvgIpc) is 3.07. The molecule has 7 heteroatoms. The second kappa shape index (κ2) is 4.84. The molecule has 4 aromatic rings. The van der Waals surface area contributed by atoms with Crippen molar-refractivity contribution in [1.29, 1.82) is 0 Å². The Balaban J connectivity index is 1.51. The molecule has 0 bridgehead atoms. The van der Waals surface area contributed by atoms with Gasteiger partial charge in [-0.15, -0.1) is 0 Å². The number of imidazole rings is 1. The number of nitrogens with zero attached hydrogens (tertiary/aromatic N) is 6. The van der Waals surface area contributed by atoms with E-state index in [2.05, 4.69) is 20.1 Å². The molecule has 6 nitrogen and oxygen atoms in total. The van der Waals surface area contributed by atoms with Gasteiger partial charge in [0.2, 0.25) is 0 Å². The lowest BCUT2D eigenvalue weighted by Gasteiger charge is -1.97. The Hall–Kier alpha value is -2.83. The molecule has 25 heavy (non-hydrogen) atoms. The van der Waals surface area contributed by atoms with Crippen LogP contribution < -0.4 is 0 Å². The van der Waals surface area contributed by atoms with E-state index in [-0.39, 0.29) is 17.7 Å². The van der Waals surface area contributed by atoms with E-state index in [1.807, 2.05) is 30.8 Å². The van der Waals surface area contributed by atoms with Crippen molar-refractivity contribution in [3.63, 3.8) is 0 Å². The summed E-state index contributed by atoms with van der Waals surface area (Å²) in [4.78, 5) is 13.7. The Labute approximate surface area is 143 Å². The fourth-order valence-electron chi connectivity index (χ4n) is 3.38. The topological polar surface area (TPSA) is 60.4 Å². The monoisotopic (exact) mass is 336 g/mol. The van der Waals surface area contributed by atoms with Crippen LogP contribution in [0.25, 0.3) is 11.3 Å². The molecular weight excluding hydrogens is 319 g/mol. The molecule has 4 heterocycles. The van der Waals surface area contributed by atoms with Crippen LogP contribution in [0.15, 0.2) is 24.7 Å². The normalized spacial score (nSPS) is 19.8. The molecular formula is C18H17FN6. The zero-order valence-corrected chi connectivity index (χ0v) is 14.2. The fraction of sp³-hybridized carbons (Fsp3) is 0.333. The van der Waals surface area contributed by atoms with Crippen molar-refractivity contribution in [2.45, 2.75) is 39.0 Å². The minimum atomic E-state index is -0.218. The summed E-state index contributed by atoms with van der Waals surface area (Å²) in [5, 5.41) is 4.66. The van der Waals surface area contributed by atoms with Gasteiger partial charge in [-0.3, -0.25) is 4.98 Å². The van der Waals surface area contributed by atoms with Crippen molar-refractivity contribution in [3.05, 3.63) is 58.9 Å². The van der Waals surface area contributed by atoms with E-state index < -0.39 is 0 Å². The van der Waals surface area contributed by atoms with Crippen molar-refractivity contribution in [2.75, 3.05) is 0 Å². The zero-order valence-electron chi connectivity index (χ0n) is 14.2. The van der Waals surface area contributed by atoms with Crippen LogP contribution in [-0.2, 0) is 0 Å². The minimum absolute atomic E-state index is 0.218. The Bertz CT molecular complexity index is 1060. The first-order valence-corrected chi connectivity index (χ1v) is 8.35. The molecule has 2 atom stereocenters. The third kappa shape index (κ3) is 2.15. The standard InChI is InChI=1S/C18H17FN6/c1-9-4-16-21-15(8-24(16)7-14(9)19)12-5-13(12)17-22-18-11(3)20-6-10(2)25(18)23-17/h4,6-8,12-13H,5H2,1-3H3. The summed E-state index contributed by atoms with van der Waals surface area (Å²) in [5.41, 5.74) is 5.01. The molecule has 0 saturated heterocycles. The van der Waals surface area contributed by atoms with Gasteiger partial charge in [-0.05, 0) is 38.8 Å². The zero-order chi connectivity index (χ0) is 17.3. The van der Waals surface area contributed by atoms with Crippen LogP contribution >= 0.6 is 0 Å². The Morgan fingerprint density at radius 3 is 2.76 bits per heavy atom. The molecule has 2 unspecified atom stereocenters. The molecule has 0 radical (unpaired) electrons. The molecule has 0 N–H and O–H groups in total. The second-order valence-corrected chi connectivity index (χ2v) is 6.87. The van der Waals surface area contributed by atoms with E-state index >= 15 is 0 Å². The maximum Gasteiger partial charge on any atom is 0.177 e. The first kappa shape index (κ1) is 14.5. The number of hydrogen-bond donors (Lipinski definition) is 0. The number of fused-ring (bicyclic) bond motifs is 2. The smallest absolute Gasteiger partial charge is 0.177 e. The Morgan fingerprint density at radius 2 is 1.96 bits per heavy atom. The van der Waals surface area contributed by atoms with Gasteiger partial charge in [-0.2, -0.15) is 5.10 Å². The Morgan fingerprint density at radius 1 is 1.12 bits per heavy atom. The van der Waals surface area contributed by atoms with Gasteiger partial charge in [-0.25, -0.2) is 18.9 Å². The van der Waals surface area contributed by atoms with Crippen molar-refractivity contribution in [2.24, 2.45) is 0 Å². The number of pyridine rings is 1. The highest BCUT2D eigenvalue weighted by Gasteiger charge is 2.44. The van der Waals surface area contributed by atoms with Crippen LogP contribution in [0.2, 0.25) is 0 Å². The van der Waals surface area contributed by atoms with Crippen LogP contribution in [0.5, 0.6) is 0 Å². The third-order valence-corrected chi connectivity index (χ3v) is 4.98. The quantitative estimate of drug-likeness (QED) is 0.564. The van der Waals surface area contributed by atoms with Crippen molar-refractivity contribution >= 4 is 11.3 Å². The van der Waals surface area contributed by atoms with E-state index in [1.165, 1.54) is 6.20 Å². The van der Waals surface area contributed by atoms with Crippen molar-refractivity contribution < 1.29 is 4.39 Å². The van der Waals surface area contributed by atoms with Gasteiger partial charge >= 0.3 is 0 Å². The lowest BCUT2D eigenvalue weighted by Crippen LogP contribution is -1.97. The highest BCUT2D eigenvalue weighted by atomic mass is 19.1. The van der Waals surface area contributed by atoms with Gasteiger partial charge in [0.25, 0.3) is 0 Å². The molecule has 0 aromatic carbocycles. The largest absolute Gasteiger partial charge is 0.304 e. The average molecular weight is 336 g/mol. The summed E-state index contributed by atoms with van der Waals surface area (Å²) >= 11 is 0. The number of rotatable bonds is 2. The summed E-state index contributed by atoms with van der Waals surface area (Å²) in [6.45, 7) is 5.67. The van der Waals surface area contributed by atoms with Crippen LogP contribution in [-0.4, -0.2) is 29.0 Å². The van der Waals surface area contributed by atoms with E-state index in [1.54, 1.807) is 17.4 Å². The number of aryl methyl sites for hydroxylation is 3. The lowest BCUT2D eigenvalue weighted by atomic mass is 10.2. The molecule has 1 aliphatic carbocycles. The maximum absolute atomic E-state index is 13.7. The van der Waals surface area contributed by atoms with E-state index in [9.17, 15) is 4.39 Å². The molecule has 1 saturated carbocycles. The summed E-state index contributed by atoms with van der Waals surface area (Å²) in [5.74, 6) is 1.16. The summed E-state index contributed by atoms with van der Waals surface area (Å²) in [6, 6.07) is 1.78. The predicted octanol–water partition coefficient (Wildman–Crippen LogP) is 3.11. The number of hydrogen-bond acceptors (Lipinski definition) is 4. The summed E-state index contributed by atoms with van der Waals surface area (Å²) in [6.07, 6.45) is 6.17. The first-order valence-electron chi connectivity index (χ1n) is 8.35. The van der Waals surface area contributed by atoms with E-state index in [4.69, 9.17) is 0 Å². The SMILES string of the molecule is Cc1cc2nc(C3CC3c3nc4c(C)ncc(C)n4n3)cn2cc1F. The van der Waals surface area contributed by atoms with Crippen LogP contribution in [0.1, 0.15) is 46.7 Å². The number of aromatic nitrogens is 6. The highest BCUT2D eigenvalue weighted by molar-refractivity contribution is 5.47. The molecule has 0 amide bonds. The number of halogens is 1. The van der Waals surface area contributed by atoms with Crippen LogP contribution in [0.3, 0.4) is 0 Å². The third-order valence-electron chi connectivity index (χ3n) is 4.98. The lowest BCUT2D eigenvalue weighted by molar-refractivity contribution is 0.610. The van der Waals surface area contributed by atoms with E-state index in [0.717, 1.165) is 40.6 Å².